The first-order chi connectivity index (χ1) is 7.83. The SMILES string of the molecule is NCCCCC(N)CCCc1ccccc1. The van der Waals surface area contributed by atoms with E-state index in [1.54, 1.807) is 0 Å². The fourth-order valence-corrected chi connectivity index (χ4v) is 1.91. The highest BCUT2D eigenvalue weighted by molar-refractivity contribution is 5.14. The van der Waals surface area contributed by atoms with Crippen molar-refractivity contribution in [3.63, 3.8) is 0 Å². The lowest BCUT2D eigenvalue weighted by Gasteiger charge is -2.10. The second-order valence-corrected chi connectivity index (χ2v) is 4.42. The standard InChI is InChI=1S/C14H24N2/c15-12-5-4-10-14(16)11-6-9-13-7-2-1-3-8-13/h1-3,7-8,14H,4-6,9-12,15-16H2. The van der Waals surface area contributed by atoms with Crippen LogP contribution in [0.5, 0.6) is 0 Å². The zero-order valence-corrected chi connectivity index (χ0v) is 10.1. The van der Waals surface area contributed by atoms with Gasteiger partial charge in [-0.15, -0.1) is 0 Å². The number of hydrogen-bond acceptors (Lipinski definition) is 2. The quantitative estimate of drug-likeness (QED) is 0.661. The molecule has 0 amide bonds. The minimum atomic E-state index is 0.357. The van der Waals surface area contributed by atoms with Crippen LogP contribution in [0.25, 0.3) is 0 Å². The van der Waals surface area contributed by atoms with E-state index >= 15 is 0 Å². The molecule has 0 saturated carbocycles. The Morgan fingerprint density at radius 1 is 0.938 bits per heavy atom. The van der Waals surface area contributed by atoms with Crippen molar-refractivity contribution in [2.45, 2.75) is 44.6 Å². The zero-order valence-electron chi connectivity index (χ0n) is 10.1. The summed E-state index contributed by atoms with van der Waals surface area (Å²) in [5.41, 5.74) is 12.9. The van der Waals surface area contributed by atoms with Gasteiger partial charge in [0.1, 0.15) is 0 Å². The van der Waals surface area contributed by atoms with E-state index in [2.05, 4.69) is 30.3 Å². The second kappa shape index (κ2) is 8.31. The first-order valence-electron chi connectivity index (χ1n) is 6.32. The molecule has 0 aliphatic carbocycles. The average molecular weight is 220 g/mol. The Hall–Kier alpha value is -0.860. The van der Waals surface area contributed by atoms with Crippen molar-refractivity contribution in [1.29, 1.82) is 0 Å². The third-order valence-electron chi connectivity index (χ3n) is 2.91. The van der Waals surface area contributed by atoms with Gasteiger partial charge in [-0.3, -0.25) is 0 Å². The minimum absolute atomic E-state index is 0.357. The molecule has 0 aromatic heterocycles. The molecule has 0 spiro atoms. The van der Waals surface area contributed by atoms with Gasteiger partial charge in [0.25, 0.3) is 0 Å². The highest BCUT2D eigenvalue weighted by atomic mass is 14.6. The summed E-state index contributed by atoms with van der Waals surface area (Å²) in [5, 5.41) is 0. The van der Waals surface area contributed by atoms with Gasteiger partial charge in [0.05, 0.1) is 0 Å². The predicted octanol–water partition coefficient (Wildman–Crippen LogP) is 2.47. The van der Waals surface area contributed by atoms with Gasteiger partial charge in [-0.05, 0) is 44.2 Å². The molecule has 2 heteroatoms. The van der Waals surface area contributed by atoms with Crippen molar-refractivity contribution < 1.29 is 0 Å². The van der Waals surface area contributed by atoms with E-state index in [0.29, 0.717) is 6.04 Å². The molecule has 1 unspecified atom stereocenters. The molecule has 1 rings (SSSR count). The number of benzene rings is 1. The Bertz CT molecular complexity index is 259. The van der Waals surface area contributed by atoms with Gasteiger partial charge in [0.2, 0.25) is 0 Å². The fourth-order valence-electron chi connectivity index (χ4n) is 1.91. The number of unbranched alkanes of at least 4 members (excludes halogenated alkanes) is 1. The molecule has 0 aliphatic rings. The molecule has 1 aromatic rings. The topological polar surface area (TPSA) is 52.0 Å². The summed E-state index contributed by atoms with van der Waals surface area (Å²) in [7, 11) is 0. The first kappa shape index (κ1) is 13.2. The molecule has 2 nitrogen and oxygen atoms in total. The van der Waals surface area contributed by atoms with E-state index in [9.17, 15) is 0 Å². The summed E-state index contributed by atoms with van der Waals surface area (Å²) in [6.07, 6.45) is 6.85. The fraction of sp³-hybridized carbons (Fsp3) is 0.571. The van der Waals surface area contributed by atoms with Crippen LogP contribution in [-0.2, 0) is 6.42 Å². The van der Waals surface area contributed by atoms with Crippen LogP contribution in [0.3, 0.4) is 0 Å². The van der Waals surface area contributed by atoms with Crippen LogP contribution in [0, 0.1) is 0 Å². The van der Waals surface area contributed by atoms with E-state index in [1.807, 2.05) is 0 Å². The number of hydrogen-bond donors (Lipinski definition) is 2. The molecule has 1 aromatic carbocycles. The van der Waals surface area contributed by atoms with Crippen LogP contribution in [0.1, 0.15) is 37.7 Å². The highest BCUT2D eigenvalue weighted by Gasteiger charge is 2.02. The Morgan fingerprint density at radius 3 is 2.31 bits per heavy atom. The van der Waals surface area contributed by atoms with E-state index in [0.717, 1.165) is 32.2 Å². The van der Waals surface area contributed by atoms with Crippen LogP contribution in [0.15, 0.2) is 30.3 Å². The first-order valence-corrected chi connectivity index (χ1v) is 6.32. The van der Waals surface area contributed by atoms with E-state index in [4.69, 9.17) is 11.5 Å². The molecule has 4 N–H and O–H groups in total. The van der Waals surface area contributed by atoms with Crippen molar-refractivity contribution in [2.24, 2.45) is 11.5 Å². The van der Waals surface area contributed by atoms with Gasteiger partial charge in [-0.1, -0.05) is 36.8 Å². The average Bonchev–Trinajstić information content (AvgIpc) is 2.31. The van der Waals surface area contributed by atoms with Crippen LogP contribution in [0.4, 0.5) is 0 Å². The molecule has 0 radical (unpaired) electrons. The van der Waals surface area contributed by atoms with Gasteiger partial charge in [0.15, 0.2) is 0 Å². The third-order valence-corrected chi connectivity index (χ3v) is 2.91. The normalized spacial score (nSPS) is 12.6. The van der Waals surface area contributed by atoms with E-state index in [1.165, 1.54) is 18.4 Å². The summed E-state index contributed by atoms with van der Waals surface area (Å²) in [5.74, 6) is 0. The van der Waals surface area contributed by atoms with Gasteiger partial charge < -0.3 is 11.5 Å². The van der Waals surface area contributed by atoms with Crippen molar-refractivity contribution in [3.05, 3.63) is 35.9 Å². The molecule has 0 heterocycles. The van der Waals surface area contributed by atoms with Crippen molar-refractivity contribution in [3.8, 4) is 0 Å². The lowest BCUT2D eigenvalue weighted by Crippen LogP contribution is -2.20. The monoisotopic (exact) mass is 220 g/mol. The largest absolute Gasteiger partial charge is 0.330 e. The number of nitrogens with two attached hydrogens (primary N) is 2. The van der Waals surface area contributed by atoms with Crippen LogP contribution >= 0.6 is 0 Å². The number of rotatable bonds is 8. The summed E-state index contributed by atoms with van der Waals surface area (Å²) in [6, 6.07) is 11.0. The maximum absolute atomic E-state index is 6.04. The Labute approximate surface area is 99.0 Å². The molecule has 0 bridgehead atoms. The Kier molecular flexibility index (Phi) is 6.86. The van der Waals surface area contributed by atoms with Gasteiger partial charge in [0, 0.05) is 6.04 Å². The smallest absolute Gasteiger partial charge is 0.00389 e. The molecule has 16 heavy (non-hydrogen) atoms. The van der Waals surface area contributed by atoms with Crippen LogP contribution in [0.2, 0.25) is 0 Å². The van der Waals surface area contributed by atoms with Crippen molar-refractivity contribution in [1.82, 2.24) is 0 Å². The summed E-state index contributed by atoms with van der Waals surface area (Å²) >= 11 is 0. The van der Waals surface area contributed by atoms with E-state index < -0.39 is 0 Å². The van der Waals surface area contributed by atoms with Crippen LogP contribution in [-0.4, -0.2) is 12.6 Å². The lowest BCUT2D eigenvalue weighted by molar-refractivity contribution is 0.518. The van der Waals surface area contributed by atoms with Gasteiger partial charge in [-0.25, -0.2) is 0 Å². The summed E-state index contributed by atoms with van der Waals surface area (Å²) in [4.78, 5) is 0. The zero-order chi connectivity index (χ0) is 11.6. The molecule has 0 fully saturated rings. The molecule has 0 saturated heterocycles. The van der Waals surface area contributed by atoms with Gasteiger partial charge >= 0.3 is 0 Å². The van der Waals surface area contributed by atoms with E-state index in [-0.39, 0.29) is 0 Å². The van der Waals surface area contributed by atoms with Crippen molar-refractivity contribution >= 4 is 0 Å². The maximum Gasteiger partial charge on any atom is 0.00389 e. The Morgan fingerprint density at radius 2 is 1.62 bits per heavy atom. The summed E-state index contributed by atoms with van der Waals surface area (Å²) < 4.78 is 0. The number of aryl methyl sites for hydroxylation is 1. The minimum Gasteiger partial charge on any atom is -0.330 e. The van der Waals surface area contributed by atoms with Crippen LogP contribution < -0.4 is 11.5 Å². The molecule has 90 valence electrons. The second-order valence-electron chi connectivity index (χ2n) is 4.42. The van der Waals surface area contributed by atoms with Crippen molar-refractivity contribution in [2.75, 3.05) is 6.54 Å². The Balaban J connectivity index is 2.06. The maximum atomic E-state index is 6.04. The van der Waals surface area contributed by atoms with Gasteiger partial charge in [-0.2, -0.15) is 0 Å². The molecular weight excluding hydrogens is 196 g/mol. The predicted molar refractivity (Wildman–Crippen MR) is 70.3 cm³/mol. The highest BCUT2D eigenvalue weighted by Crippen LogP contribution is 2.08. The third kappa shape index (κ3) is 5.89. The lowest BCUT2D eigenvalue weighted by atomic mass is 10.0. The molecule has 1 atom stereocenters. The molecule has 0 aliphatic heterocycles. The molecular formula is C14H24N2. The summed E-state index contributed by atoms with van der Waals surface area (Å²) in [6.45, 7) is 0.788.